The first-order chi connectivity index (χ1) is 14.1. The maximum absolute atomic E-state index is 12.8. The van der Waals surface area contributed by atoms with Crippen LogP contribution in [0.2, 0.25) is 0 Å². The maximum Gasteiger partial charge on any atom is 0.273 e. The Kier molecular flexibility index (Phi) is 4.02. The number of hydrogen-bond donors (Lipinski definition) is 2. The van der Waals surface area contributed by atoms with Crippen LogP contribution in [0.5, 0.6) is 0 Å². The molecule has 4 aromatic rings. The normalized spacial score (nSPS) is 15.3. The fraction of sp³-hybridized carbons (Fsp3) is 0.0500. The predicted octanol–water partition coefficient (Wildman–Crippen LogP) is 2.20. The van der Waals surface area contributed by atoms with E-state index in [4.69, 9.17) is 0 Å². The van der Waals surface area contributed by atoms with E-state index in [9.17, 15) is 13.8 Å². The molecule has 8 nitrogen and oxygen atoms in total. The van der Waals surface area contributed by atoms with Crippen LogP contribution in [-0.4, -0.2) is 29.4 Å². The molecule has 1 aromatic carbocycles. The number of rotatable bonds is 3. The third kappa shape index (κ3) is 2.92. The van der Waals surface area contributed by atoms with E-state index in [1.165, 1.54) is 3.97 Å². The van der Waals surface area contributed by atoms with Gasteiger partial charge in [-0.15, -0.1) is 0 Å². The Hall–Kier alpha value is -3.72. The van der Waals surface area contributed by atoms with Gasteiger partial charge in [0.25, 0.3) is 11.8 Å². The number of imidazole rings is 1. The molecule has 144 valence electrons. The van der Waals surface area contributed by atoms with Gasteiger partial charge in [-0.3, -0.25) is 13.6 Å². The summed E-state index contributed by atoms with van der Waals surface area (Å²) in [7, 11) is -1.57. The van der Waals surface area contributed by atoms with Crippen molar-refractivity contribution in [2.75, 3.05) is 5.32 Å². The molecule has 0 fully saturated rings. The second-order valence-electron chi connectivity index (χ2n) is 6.49. The Morgan fingerprint density at radius 1 is 1.14 bits per heavy atom. The molecule has 0 spiro atoms. The van der Waals surface area contributed by atoms with Gasteiger partial charge in [0.2, 0.25) is 0 Å². The molecule has 5 rings (SSSR count). The minimum absolute atomic E-state index is 0.296. The SMILES string of the molecule is O=C(NCc1cnc2ccccn12)c1ccc2c(c1)NC(=O)c1cccn1S2=O. The number of benzene rings is 1. The van der Waals surface area contributed by atoms with E-state index in [1.807, 2.05) is 28.8 Å². The summed E-state index contributed by atoms with van der Waals surface area (Å²) in [6.07, 6.45) is 5.19. The van der Waals surface area contributed by atoms with Gasteiger partial charge in [0.1, 0.15) is 11.3 Å². The zero-order chi connectivity index (χ0) is 20.0. The number of carbonyl (C=O) groups excluding carboxylic acids is 2. The van der Waals surface area contributed by atoms with Crippen LogP contribution in [0.3, 0.4) is 0 Å². The summed E-state index contributed by atoms with van der Waals surface area (Å²) >= 11 is 0. The Morgan fingerprint density at radius 2 is 2.03 bits per heavy atom. The van der Waals surface area contributed by atoms with Gasteiger partial charge in [-0.25, -0.2) is 9.19 Å². The summed E-state index contributed by atoms with van der Waals surface area (Å²) in [5.41, 5.74) is 2.67. The second kappa shape index (κ2) is 6.71. The first kappa shape index (κ1) is 17.4. The molecule has 1 unspecified atom stereocenters. The smallest absolute Gasteiger partial charge is 0.273 e. The number of nitrogens with one attached hydrogen (secondary N) is 2. The third-order valence-electron chi connectivity index (χ3n) is 4.73. The van der Waals surface area contributed by atoms with Crippen LogP contribution in [0, 0.1) is 0 Å². The van der Waals surface area contributed by atoms with Crippen molar-refractivity contribution in [3.8, 4) is 0 Å². The van der Waals surface area contributed by atoms with Gasteiger partial charge in [-0.05, 0) is 42.5 Å². The van der Waals surface area contributed by atoms with Gasteiger partial charge >= 0.3 is 0 Å². The van der Waals surface area contributed by atoms with Crippen LogP contribution >= 0.6 is 0 Å². The molecule has 1 aliphatic rings. The monoisotopic (exact) mass is 405 g/mol. The molecule has 2 amide bonds. The average molecular weight is 405 g/mol. The molecule has 2 N–H and O–H groups in total. The molecular formula is C20H15N5O3S. The minimum Gasteiger partial charge on any atom is -0.346 e. The van der Waals surface area contributed by atoms with Crippen molar-refractivity contribution in [2.24, 2.45) is 0 Å². The van der Waals surface area contributed by atoms with Crippen LogP contribution in [0.15, 0.2) is 72.0 Å². The summed E-state index contributed by atoms with van der Waals surface area (Å²) in [6, 6.07) is 13.7. The number of aromatic nitrogens is 3. The van der Waals surface area contributed by atoms with E-state index in [0.29, 0.717) is 28.4 Å². The Bertz CT molecular complexity index is 1310. The lowest BCUT2D eigenvalue weighted by Crippen LogP contribution is -2.23. The first-order valence-corrected chi connectivity index (χ1v) is 9.97. The summed E-state index contributed by atoms with van der Waals surface area (Å²) in [6.45, 7) is 0.296. The van der Waals surface area contributed by atoms with Crippen LogP contribution in [-0.2, 0) is 17.5 Å². The van der Waals surface area contributed by atoms with Crippen molar-refractivity contribution in [3.05, 3.63) is 84.1 Å². The van der Waals surface area contributed by atoms with Gasteiger partial charge in [-0.2, -0.15) is 0 Å². The molecular weight excluding hydrogens is 390 g/mol. The molecule has 29 heavy (non-hydrogen) atoms. The summed E-state index contributed by atoms with van der Waals surface area (Å²) in [5, 5.41) is 5.59. The molecule has 0 aliphatic carbocycles. The lowest BCUT2D eigenvalue weighted by molar-refractivity contribution is 0.0949. The molecule has 1 aliphatic heterocycles. The molecule has 0 bridgehead atoms. The molecule has 1 atom stereocenters. The van der Waals surface area contributed by atoms with Crippen molar-refractivity contribution < 1.29 is 13.8 Å². The van der Waals surface area contributed by atoms with E-state index < -0.39 is 11.0 Å². The zero-order valence-electron chi connectivity index (χ0n) is 15.0. The number of nitrogens with zero attached hydrogens (tertiary/aromatic N) is 3. The first-order valence-electron chi connectivity index (χ1n) is 8.86. The molecule has 0 radical (unpaired) electrons. The fourth-order valence-corrected chi connectivity index (χ4v) is 4.49. The third-order valence-corrected chi connectivity index (χ3v) is 6.13. The summed E-state index contributed by atoms with van der Waals surface area (Å²) in [4.78, 5) is 29.8. The van der Waals surface area contributed by atoms with Gasteiger partial charge < -0.3 is 15.0 Å². The van der Waals surface area contributed by atoms with Crippen LogP contribution in [0.4, 0.5) is 5.69 Å². The highest BCUT2D eigenvalue weighted by atomic mass is 32.2. The van der Waals surface area contributed by atoms with E-state index in [1.54, 1.807) is 42.7 Å². The standard InChI is InChI=1S/C20H15N5O3S/c26-19(22-12-14-11-21-18-5-1-2-8-24(14)18)13-6-7-17-15(10-13)23-20(27)16-4-3-9-25(16)29(17)28/h1-11H,12H2,(H,22,26)(H,23,27). The molecule has 0 saturated carbocycles. The Morgan fingerprint density at radius 3 is 2.93 bits per heavy atom. The highest BCUT2D eigenvalue weighted by molar-refractivity contribution is 7.83. The van der Waals surface area contributed by atoms with E-state index in [2.05, 4.69) is 15.6 Å². The Balaban J connectivity index is 1.39. The topological polar surface area (TPSA) is 97.5 Å². The largest absolute Gasteiger partial charge is 0.346 e. The molecule has 0 saturated heterocycles. The summed E-state index contributed by atoms with van der Waals surface area (Å²) < 4.78 is 16.1. The number of hydrogen-bond acceptors (Lipinski definition) is 4. The van der Waals surface area contributed by atoms with Gasteiger partial charge in [0, 0.05) is 18.0 Å². The lowest BCUT2D eigenvalue weighted by atomic mass is 10.2. The molecule has 9 heteroatoms. The van der Waals surface area contributed by atoms with Gasteiger partial charge in [0.05, 0.1) is 29.0 Å². The van der Waals surface area contributed by atoms with Crippen LogP contribution < -0.4 is 10.6 Å². The van der Waals surface area contributed by atoms with Crippen LogP contribution in [0.1, 0.15) is 26.5 Å². The Labute approximate surface area is 167 Å². The van der Waals surface area contributed by atoms with Crippen LogP contribution in [0.25, 0.3) is 5.65 Å². The van der Waals surface area contributed by atoms with Gasteiger partial charge in [-0.1, -0.05) is 6.07 Å². The highest BCUT2D eigenvalue weighted by Crippen LogP contribution is 2.27. The van der Waals surface area contributed by atoms with Crippen molar-refractivity contribution in [1.82, 2.24) is 18.7 Å². The number of fused-ring (bicyclic) bond motifs is 3. The average Bonchev–Trinajstić information content (AvgIpc) is 3.37. The number of amides is 2. The van der Waals surface area contributed by atoms with E-state index in [0.717, 1.165) is 11.3 Å². The number of pyridine rings is 1. The summed E-state index contributed by atoms with van der Waals surface area (Å²) in [5.74, 6) is -0.673. The fourth-order valence-electron chi connectivity index (χ4n) is 3.29. The maximum atomic E-state index is 12.8. The quantitative estimate of drug-likeness (QED) is 0.546. The minimum atomic E-state index is -1.57. The van der Waals surface area contributed by atoms with Crippen molar-refractivity contribution in [2.45, 2.75) is 11.4 Å². The van der Waals surface area contributed by atoms with E-state index >= 15 is 0 Å². The zero-order valence-corrected chi connectivity index (χ0v) is 15.8. The van der Waals surface area contributed by atoms with Gasteiger partial charge in [0.15, 0.2) is 11.0 Å². The second-order valence-corrected chi connectivity index (χ2v) is 7.83. The lowest BCUT2D eigenvalue weighted by Gasteiger charge is -2.10. The predicted molar refractivity (Wildman–Crippen MR) is 107 cm³/mol. The van der Waals surface area contributed by atoms with E-state index in [-0.39, 0.29) is 11.8 Å². The van der Waals surface area contributed by atoms with Crippen molar-refractivity contribution in [1.29, 1.82) is 0 Å². The number of carbonyl (C=O) groups is 2. The number of anilines is 1. The molecule has 3 aromatic heterocycles. The highest BCUT2D eigenvalue weighted by Gasteiger charge is 2.24. The van der Waals surface area contributed by atoms with Crippen molar-refractivity contribution >= 4 is 34.1 Å². The molecule has 4 heterocycles. The van der Waals surface area contributed by atoms with Crippen molar-refractivity contribution in [3.63, 3.8) is 0 Å².